The lowest BCUT2D eigenvalue weighted by molar-refractivity contribution is 0.448. The van der Waals surface area contributed by atoms with Crippen molar-refractivity contribution in [2.45, 2.75) is 11.8 Å². The van der Waals surface area contributed by atoms with Crippen LogP contribution in [0.1, 0.15) is 5.56 Å². The van der Waals surface area contributed by atoms with Crippen LogP contribution in [0.15, 0.2) is 29.2 Å². The van der Waals surface area contributed by atoms with Crippen LogP contribution >= 0.6 is 0 Å². The number of nitrogens with one attached hydrogen (secondary N) is 1. The Labute approximate surface area is 108 Å². The molecule has 1 aromatic rings. The van der Waals surface area contributed by atoms with Crippen molar-refractivity contribution < 1.29 is 8.42 Å². The fourth-order valence-corrected chi connectivity index (χ4v) is 4.59. The zero-order valence-corrected chi connectivity index (χ0v) is 11.3. The van der Waals surface area contributed by atoms with Gasteiger partial charge in [-0.25, -0.2) is 8.42 Å². The minimum absolute atomic E-state index is 0.426. The largest absolute Gasteiger partial charge is 0.316 e. The van der Waals surface area contributed by atoms with Gasteiger partial charge in [0.2, 0.25) is 10.0 Å². The van der Waals surface area contributed by atoms with Gasteiger partial charge in [0.1, 0.15) is 0 Å². The molecule has 0 spiro atoms. The lowest BCUT2D eigenvalue weighted by atomic mass is 10.0. The first-order valence-corrected chi connectivity index (χ1v) is 7.79. The maximum Gasteiger partial charge on any atom is 0.243 e. The molecule has 0 radical (unpaired) electrons. The summed E-state index contributed by atoms with van der Waals surface area (Å²) in [5, 5.41) is 3.32. The molecule has 2 fully saturated rings. The summed E-state index contributed by atoms with van der Waals surface area (Å²) in [5.74, 6) is 0.981. The van der Waals surface area contributed by atoms with Gasteiger partial charge in [-0.3, -0.25) is 0 Å². The van der Waals surface area contributed by atoms with Crippen LogP contribution in [0.25, 0.3) is 0 Å². The first-order valence-electron chi connectivity index (χ1n) is 6.35. The van der Waals surface area contributed by atoms with Gasteiger partial charge >= 0.3 is 0 Å². The van der Waals surface area contributed by atoms with E-state index >= 15 is 0 Å². The molecule has 3 rings (SSSR count). The van der Waals surface area contributed by atoms with E-state index in [1.807, 2.05) is 13.0 Å². The Hall–Kier alpha value is -0.910. The van der Waals surface area contributed by atoms with E-state index in [-0.39, 0.29) is 0 Å². The van der Waals surface area contributed by atoms with Gasteiger partial charge in [-0.1, -0.05) is 12.1 Å². The van der Waals surface area contributed by atoms with E-state index in [1.54, 1.807) is 22.5 Å². The van der Waals surface area contributed by atoms with E-state index in [9.17, 15) is 8.42 Å². The summed E-state index contributed by atoms with van der Waals surface area (Å²) in [6, 6.07) is 7.17. The third kappa shape index (κ3) is 1.96. The Morgan fingerprint density at radius 2 is 1.89 bits per heavy atom. The molecule has 0 saturated carbocycles. The van der Waals surface area contributed by atoms with Crippen molar-refractivity contribution in [1.29, 1.82) is 0 Å². The molecule has 0 aromatic heterocycles. The van der Waals surface area contributed by atoms with E-state index in [4.69, 9.17) is 0 Å². The van der Waals surface area contributed by atoms with Crippen molar-refractivity contribution in [2.75, 3.05) is 26.2 Å². The Morgan fingerprint density at radius 3 is 2.50 bits per heavy atom. The number of rotatable bonds is 2. The second kappa shape index (κ2) is 4.33. The molecule has 0 amide bonds. The van der Waals surface area contributed by atoms with Gasteiger partial charge in [0.05, 0.1) is 4.90 Å². The summed E-state index contributed by atoms with van der Waals surface area (Å²) in [5.41, 5.74) is 0.983. The average molecular weight is 266 g/mol. The number of hydrogen-bond donors (Lipinski definition) is 1. The second-order valence-corrected chi connectivity index (χ2v) is 7.25. The molecule has 18 heavy (non-hydrogen) atoms. The molecule has 2 aliphatic rings. The number of benzene rings is 1. The van der Waals surface area contributed by atoms with E-state index in [1.165, 1.54) is 0 Å². The summed E-state index contributed by atoms with van der Waals surface area (Å²) in [4.78, 5) is 0.426. The highest BCUT2D eigenvalue weighted by molar-refractivity contribution is 7.89. The highest BCUT2D eigenvalue weighted by Crippen LogP contribution is 2.30. The van der Waals surface area contributed by atoms with Crippen LogP contribution in [-0.4, -0.2) is 38.9 Å². The Kier molecular flexibility index (Phi) is 2.92. The van der Waals surface area contributed by atoms with Crippen LogP contribution in [-0.2, 0) is 10.0 Å². The SMILES string of the molecule is Cc1cccc(S(=O)(=O)N2CC3CNCC3C2)c1. The number of fused-ring (bicyclic) bond motifs is 1. The van der Waals surface area contributed by atoms with Gasteiger partial charge in [-0.15, -0.1) is 0 Å². The molecule has 5 heteroatoms. The Bertz CT molecular complexity index is 544. The standard InChI is InChI=1S/C13H18N2O2S/c1-10-3-2-4-13(5-10)18(16,17)15-8-11-6-14-7-12(11)9-15/h2-5,11-12,14H,6-9H2,1H3. The third-order valence-electron chi connectivity index (χ3n) is 3.98. The first kappa shape index (κ1) is 12.1. The molecule has 0 bridgehead atoms. The van der Waals surface area contributed by atoms with Crippen molar-refractivity contribution in [3.63, 3.8) is 0 Å². The number of aryl methyl sites for hydroxylation is 1. The quantitative estimate of drug-likeness (QED) is 0.863. The number of hydrogen-bond acceptors (Lipinski definition) is 3. The summed E-state index contributed by atoms with van der Waals surface area (Å²) >= 11 is 0. The van der Waals surface area contributed by atoms with Gasteiger partial charge in [-0.05, 0) is 49.5 Å². The number of sulfonamides is 1. The highest BCUT2D eigenvalue weighted by atomic mass is 32.2. The molecule has 2 aliphatic heterocycles. The molecule has 98 valence electrons. The van der Waals surface area contributed by atoms with Crippen LogP contribution in [0, 0.1) is 18.8 Å². The van der Waals surface area contributed by atoms with Crippen molar-refractivity contribution >= 4 is 10.0 Å². The summed E-state index contributed by atoms with van der Waals surface area (Å²) in [6.45, 7) is 5.14. The third-order valence-corrected chi connectivity index (χ3v) is 5.81. The topological polar surface area (TPSA) is 49.4 Å². The van der Waals surface area contributed by atoms with Crippen molar-refractivity contribution in [2.24, 2.45) is 11.8 Å². The molecule has 4 nitrogen and oxygen atoms in total. The predicted octanol–water partition coefficient (Wildman–Crippen LogP) is 0.835. The summed E-state index contributed by atoms with van der Waals surface area (Å²) in [7, 11) is -3.30. The lowest BCUT2D eigenvalue weighted by Crippen LogP contribution is -2.31. The number of nitrogens with zero attached hydrogens (tertiary/aromatic N) is 1. The molecule has 2 heterocycles. The maximum absolute atomic E-state index is 12.5. The smallest absolute Gasteiger partial charge is 0.243 e. The predicted molar refractivity (Wildman–Crippen MR) is 69.8 cm³/mol. The summed E-state index contributed by atoms with van der Waals surface area (Å²) in [6.07, 6.45) is 0. The molecule has 2 saturated heterocycles. The zero-order valence-electron chi connectivity index (χ0n) is 10.5. The van der Waals surface area contributed by atoms with Gasteiger partial charge in [0.25, 0.3) is 0 Å². The molecule has 0 aliphatic carbocycles. The molecule has 1 N–H and O–H groups in total. The average Bonchev–Trinajstić information content (AvgIpc) is 2.89. The molecule has 2 atom stereocenters. The van der Waals surface area contributed by atoms with Gasteiger partial charge < -0.3 is 5.32 Å². The van der Waals surface area contributed by atoms with E-state index in [0.29, 0.717) is 29.8 Å². The van der Waals surface area contributed by atoms with Crippen LogP contribution < -0.4 is 5.32 Å². The van der Waals surface area contributed by atoms with Crippen LogP contribution in [0.3, 0.4) is 0 Å². The van der Waals surface area contributed by atoms with Crippen molar-refractivity contribution in [3.05, 3.63) is 29.8 Å². The van der Waals surface area contributed by atoms with Crippen LogP contribution in [0.5, 0.6) is 0 Å². The first-order chi connectivity index (χ1) is 8.57. The Balaban J connectivity index is 1.87. The van der Waals surface area contributed by atoms with Crippen molar-refractivity contribution in [3.8, 4) is 0 Å². The van der Waals surface area contributed by atoms with Crippen LogP contribution in [0.2, 0.25) is 0 Å². The minimum atomic E-state index is -3.30. The normalized spacial score (nSPS) is 28.5. The minimum Gasteiger partial charge on any atom is -0.316 e. The lowest BCUT2D eigenvalue weighted by Gasteiger charge is -2.17. The maximum atomic E-state index is 12.5. The van der Waals surface area contributed by atoms with E-state index in [0.717, 1.165) is 18.7 Å². The molecular weight excluding hydrogens is 248 g/mol. The van der Waals surface area contributed by atoms with Gasteiger partial charge in [0, 0.05) is 13.1 Å². The highest BCUT2D eigenvalue weighted by Gasteiger charge is 2.41. The van der Waals surface area contributed by atoms with Gasteiger partial charge in [0.15, 0.2) is 0 Å². The monoisotopic (exact) mass is 266 g/mol. The Morgan fingerprint density at radius 1 is 1.22 bits per heavy atom. The fourth-order valence-electron chi connectivity index (χ4n) is 2.93. The fraction of sp³-hybridized carbons (Fsp3) is 0.538. The van der Waals surface area contributed by atoms with Crippen LogP contribution in [0.4, 0.5) is 0 Å². The summed E-state index contributed by atoms with van der Waals surface area (Å²) < 4.78 is 26.7. The second-order valence-electron chi connectivity index (χ2n) is 5.32. The molecule has 1 aromatic carbocycles. The van der Waals surface area contributed by atoms with E-state index in [2.05, 4.69) is 5.32 Å². The van der Waals surface area contributed by atoms with Crippen molar-refractivity contribution in [1.82, 2.24) is 9.62 Å². The van der Waals surface area contributed by atoms with E-state index < -0.39 is 10.0 Å². The van der Waals surface area contributed by atoms with Gasteiger partial charge in [-0.2, -0.15) is 4.31 Å². The zero-order chi connectivity index (χ0) is 12.8. The molecular formula is C13H18N2O2S. The molecule has 2 unspecified atom stereocenters.